The Balaban J connectivity index is 1.87. The summed E-state index contributed by atoms with van der Waals surface area (Å²) in [4.78, 5) is 4.36. The zero-order valence-corrected chi connectivity index (χ0v) is 13.4. The zero-order chi connectivity index (χ0) is 16.5. The van der Waals surface area contributed by atoms with Gasteiger partial charge in [0.25, 0.3) is 0 Å². The van der Waals surface area contributed by atoms with E-state index < -0.39 is 0 Å². The summed E-state index contributed by atoms with van der Waals surface area (Å²) in [7, 11) is 0. The first kappa shape index (κ1) is 14.8. The monoisotopic (exact) mass is 337 g/mol. The molecule has 4 rings (SSSR count). The third-order valence-electron chi connectivity index (χ3n) is 3.90. The number of benzene rings is 2. The summed E-state index contributed by atoms with van der Waals surface area (Å²) in [6, 6.07) is 18.1. The Morgan fingerprint density at radius 1 is 1.00 bits per heavy atom. The van der Waals surface area contributed by atoms with Crippen LogP contribution in [-0.4, -0.2) is 14.8 Å². The molecule has 0 saturated carbocycles. The third-order valence-corrected chi connectivity index (χ3v) is 4.14. The third kappa shape index (κ3) is 2.65. The van der Waals surface area contributed by atoms with Crippen LogP contribution in [0.15, 0.2) is 66.9 Å². The van der Waals surface area contributed by atoms with Crippen molar-refractivity contribution in [2.75, 3.05) is 0 Å². The number of halogens is 2. The molecule has 0 unspecified atom stereocenters. The minimum Gasteiger partial charge on any atom is -0.260 e. The van der Waals surface area contributed by atoms with Gasteiger partial charge in [-0.05, 0) is 24.3 Å². The Morgan fingerprint density at radius 2 is 1.79 bits per heavy atom. The highest BCUT2D eigenvalue weighted by Gasteiger charge is 2.14. The van der Waals surface area contributed by atoms with E-state index in [1.807, 2.05) is 30.3 Å². The summed E-state index contributed by atoms with van der Waals surface area (Å²) >= 11 is 6.08. The summed E-state index contributed by atoms with van der Waals surface area (Å²) < 4.78 is 15.8. The molecule has 3 nitrogen and oxygen atoms in total. The second-order valence-electron chi connectivity index (χ2n) is 5.47. The highest BCUT2D eigenvalue weighted by molar-refractivity contribution is 6.30. The fraction of sp³-hybridized carbons (Fsp3) is 0.0526. The molecule has 0 aliphatic carbocycles. The molecule has 0 fully saturated rings. The van der Waals surface area contributed by atoms with Gasteiger partial charge in [-0.3, -0.25) is 9.67 Å². The number of pyridine rings is 1. The molecule has 24 heavy (non-hydrogen) atoms. The lowest BCUT2D eigenvalue weighted by atomic mass is 10.1. The number of nitrogens with zero attached hydrogens (tertiary/aromatic N) is 3. The molecular weight excluding hydrogens is 325 g/mol. The molecule has 0 spiro atoms. The topological polar surface area (TPSA) is 30.7 Å². The van der Waals surface area contributed by atoms with Gasteiger partial charge in [-0.15, -0.1) is 0 Å². The van der Waals surface area contributed by atoms with Crippen molar-refractivity contribution in [1.29, 1.82) is 0 Å². The van der Waals surface area contributed by atoms with Gasteiger partial charge in [0.1, 0.15) is 11.5 Å². The molecule has 0 amide bonds. The zero-order valence-electron chi connectivity index (χ0n) is 12.7. The van der Waals surface area contributed by atoms with Gasteiger partial charge in [-0.25, -0.2) is 4.39 Å². The molecule has 2 heterocycles. The van der Waals surface area contributed by atoms with Crippen molar-refractivity contribution in [3.8, 4) is 11.4 Å². The van der Waals surface area contributed by atoms with E-state index >= 15 is 0 Å². The van der Waals surface area contributed by atoms with Crippen LogP contribution < -0.4 is 0 Å². The van der Waals surface area contributed by atoms with Crippen LogP contribution in [0.25, 0.3) is 22.3 Å². The lowest BCUT2D eigenvalue weighted by Crippen LogP contribution is -2.03. The van der Waals surface area contributed by atoms with Crippen molar-refractivity contribution in [2.45, 2.75) is 6.54 Å². The maximum absolute atomic E-state index is 14.0. The van der Waals surface area contributed by atoms with Gasteiger partial charge in [-0.2, -0.15) is 5.10 Å². The Morgan fingerprint density at radius 3 is 2.62 bits per heavy atom. The maximum atomic E-state index is 14.0. The van der Waals surface area contributed by atoms with E-state index in [1.165, 1.54) is 6.07 Å². The van der Waals surface area contributed by atoms with Gasteiger partial charge < -0.3 is 0 Å². The summed E-state index contributed by atoms with van der Waals surface area (Å²) in [5, 5.41) is 6.23. The predicted octanol–water partition coefficient (Wildman–Crippen LogP) is 4.94. The number of hydrogen-bond acceptors (Lipinski definition) is 2. The normalized spacial score (nSPS) is 11.1. The molecule has 118 valence electrons. The smallest absolute Gasteiger partial charge is 0.128 e. The molecule has 0 radical (unpaired) electrons. The Labute approximate surface area is 143 Å². The average Bonchev–Trinajstić information content (AvgIpc) is 2.96. The molecule has 0 aliphatic rings. The van der Waals surface area contributed by atoms with Crippen molar-refractivity contribution < 1.29 is 4.39 Å². The molecule has 0 saturated heterocycles. The van der Waals surface area contributed by atoms with Gasteiger partial charge in [0.15, 0.2) is 0 Å². The van der Waals surface area contributed by atoms with E-state index in [4.69, 9.17) is 11.6 Å². The molecular formula is C19H13ClFN3. The van der Waals surface area contributed by atoms with Crippen LogP contribution in [0, 0.1) is 5.82 Å². The van der Waals surface area contributed by atoms with Crippen LogP contribution >= 0.6 is 11.6 Å². The molecule has 0 bridgehead atoms. The van der Waals surface area contributed by atoms with Crippen LogP contribution in [0.2, 0.25) is 5.02 Å². The van der Waals surface area contributed by atoms with Crippen LogP contribution in [0.3, 0.4) is 0 Å². The lowest BCUT2D eigenvalue weighted by Gasteiger charge is -2.04. The maximum Gasteiger partial charge on any atom is 0.128 e. The summed E-state index contributed by atoms with van der Waals surface area (Å²) in [5.41, 5.74) is 2.96. The molecule has 0 atom stereocenters. The van der Waals surface area contributed by atoms with Crippen molar-refractivity contribution in [3.63, 3.8) is 0 Å². The molecule has 0 aliphatic heterocycles. The quantitative estimate of drug-likeness (QED) is 0.530. The van der Waals surface area contributed by atoms with Crippen LogP contribution in [-0.2, 0) is 6.54 Å². The average molecular weight is 338 g/mol. The summed E-state index contributed by atoms with van der Waals surface area (Å²) in [6.07, 6.45) is 1.66. The van der Waals surface area contributed by atoms with Gasteiger partial charge >= 0.3 is 0 Å². The number of aromatic nitrogens is 3. The molecule has 5 heteroatoms. The first-order valence-electron chi connectivity index (χ1n) is 7.53. The number of para-hydroxylation sites is 1. The lowest BCUT2D eigenvalue weighted by molar-refractivity contribution is 0.591. The van der Waals surface area contributed by atoms with Gasteiger partial charge in [0, 0.05) is 22.2 Å². The minimum atomic E-state index is -0.237. The molecule has 4 aromatic rings. The van der Waals surface area contributed by atoms with Crippen LogP contribution in [0.4, 0.5) is 4.39 Å². The van der Waals surface area contributed by atoms with E-state index in [2.05, 4.69) is 10.1 Å². The fourth-order valence-electron chi connectivity index (χ4n) is 2.76. The first-order valence-corrected chi connectivity index (χ1v) is 7.91. The standard InChI is InChI=1S/C19H13ClFN3/c20-14-9-10-22-17(11-14)19-15-6-2-4-8-18(15)24(23-19)12-13-5-1-3-7-16(13)21/h1-11H,12H2. The Kier molecular flexibility index (Phi) is 3.75. The van der Waals surface area contributed by atoms with Gasteiger partial charge in [0.2, 0.25) is 0 Å². The van der Waals surface area contributed by atoms with Gasteiger partial charge in [-0.1, -0.05) is 48.0 Å². The van der Waals surface area contributed by atoms with E-state index in [1.54, 1.807) is 35.1 Å². The van der Waals surface area contributed by atoms with Crippen molar-refractivity contribution in [2.24, 2.45) is 0 Å². The molecule has 2 aromatic carbocycles. The van der Waals surface area contributed by atoms with E-state index in [0.29, 0.717) is 22.8 Å². The second-order valence-corrected chi connectivity index (χ2v) is 5.91. The number of fused-ring (bicyclic) bond motifs is 1. The Bertz CT molecular complexity index is 1030. The van der Waals surface area contributed by atoms with Crippen LogP contribution in [0.1, 0.15) is 5.56 Å². The van der Waals surface area contributed by atoms with E-state index in [9.17, 15) is 4.39 Å². The van der Waals surface area contributed by atoms with Crippen molar-refractivity contribution >= 4 is 22.5 Å². The fourth-order valence-corrected chi connectivity index (χ4v) is 2.92. The van der Waals surface area contributed by atoms with Crippen LogP contribution in [0.5, 0.6) is 0 Å². The van der Waals surface area contributed by atoms with E-state index in [-0.39, 0.29) is 5.82 Å². The molecule has 2 aromatic heterocycles. The molecule has 0 N–H and O–H groups in total. The number of hydrogen-bond donors (Lipinski definition) is 0. The highest BCUT2D eigenvalue weighted by Crippen LogP contribution is 2.28. The van der Waals surface area contributed by atoms with E-state index in [0.717, 1.165) is 16.6 Å². The predicted molar refractivity (Wildman–Crippen MR) is 93.5 cm³/mol. The van der Waals surface area contributed by atoms with Crippen molar-refractivity contribution in [1.82, 2.24) is 14.8 Å². The summed E-state index contributed by atoms with van der Waals surface area (Å²) in [6.45, 7) is 0.355. The minimum absolute atomic E-state index is 0.237. The Hall–Kier alpha value is -2.72. The van der Waals surface area contributed by atoms with Gasteiger partial charge in [0.05, 0.1) is 17.8 Å². The second kappa shape index (κ2) is 6.06. The highest BCUT2D eigenvalue weighted by atomic mass is 35.5. The number of rotatable bonds is 3. The summed E-state index contributed by atoms with van der Waals surface area (Å²) in [5.74, 6) is -0.237. The SMILES string of the molecule is Fc1ccccc1Cn1nc(-c2cc(Cl)ccn2)c2ccccc21. The first-order chi connectivity index (χ1) is 11.7. The largest absolute Gasteiger partial charge is 0.260 e. The van der Waals surface area contributed by atoms with Crippen molar-refractivity contribution in [3.05, 3.63) is 83.3 Å².